The number of rotatable bonds is 4. The fourth-order valence-electron chi connectivity index (χ4n) is 2.50. The average Bonchev–Trinajstić information content (AvgIpc) is 2.45. The molecule has 20 heavy (non-hydrogen) atoms. The Balaban J connectivity index is 1.88. The summed E-state index contributed by atoms with van der Waals surface area (Å²) in [5.41, 5.74) is 5.90. The van der Waals surface area contributed by atoms with Crippen LogP contribution >= 0.6 is 0 Å². The first kappa shape index (κ1) is 14.7. The van der Waals surface area contributed by atoms with Gasteiger partial charge in [0.15, 0.2) is 6.61 Å². The first-order valence-corrected chi connectivity index (χ1v) is 6.92. The summed E-state index contributed by atoms with van der Waals surface area (Å²) >= 11 is 0. The van der Waals surface area contributed by atoms with Crippen molar-refractivity contribution >= 4 is 5.91 Å². The fourth-order valence-corrected chi connectivity index (χ4v) is 2.50. The molecule has 1 aliphatic rings. The lowest BCUT2D eigenvalue weighted by Gasteiger charge is -2.36. The van der Waals surface area contributed by atoms with Crippen molar-refractivity contribution in [1.29, 1.82) is 0 Å². The summed E-state index contributed by atoms with van der Waals surface area (Å²) in [4.78, 5) is 14.0. The maximum Gasteiger partial charge on any atom is 0.260 e. The Bertz CT molecular complexity index is 464. The third-order valence-electron chi connectivity index (χ3n) is 3.64. The Morgan fingerprint density at radius 2 is 2.20 bits per heavy atom. The predicted octanol–water partition coefficient (Wildman–Crippen LogP) is 1.41. The van der Waals surface area contributed by atoms with Gasteiger partial charge in [-0.05, 0) is 31.9 Å². The van der Waals surface area contributed by atoms with Crippen LogP contribution < -0.4 is 15.2 Å². The fraction of sp³-hybridized carbons (Fsp3) is 0.533. The van der Waals surface area contributed by atoms with E-state index >= 15 is 0 Å². The Hall–Kier alpha value is -1.75. The Morgan fingerprint density at radius 3 is 2.90 bits per heavy atom. The van der Waals surface area contributed by atoms with E-state index in [9.17, 15) is 4.79 Å². The number of methoxy groups -OCH3 is 1. The number of hydrogen-bond donors (Lipinski definition) is 1. The molecule has 110 valence electrons. The lowest BCUT2D eigenvalue weighted by molar-refractivity contribution is -0.136. The predicted molar refractivity (Wildman–Crippen MR) is 76.9 cm³/mol. The van der Waals surface area contributed by atoms with Gasteiger partial charge in [0.1, 0.15) is 11.5 Å². The molecular weight excluding hydrogens is 256 g/mol. The Kier molecular flexibility index (Phi) is 4.84. The van der Waals surface area contributed by atoms with E-state index in [0.29, 0.717) is 18.0 Å². The van der Waals surface area contributed by atoms with Crippen molar-refractivity contribution in [2.75, 3.05) is 20.3 Å². The summed E-state index contributed by atoms with van der Waals surface area (Å²) in [6.45, 7) is 2.79. The van der Waals surface area contributed by atoms with Crippen LogP contribution in [0.1, 0.15) is 19.8 Å². The molecule has 0 aromatic heterocycles. The van der Waals surface area contributed by atoms with Gasteiger partial charge in [-0.1, -0.05) is 6.07 Å². The van der Waals surface area contributed by atoms with Crippen molar-refractivity contribution in [3.05, 3.63) is 24.3 Å². The molecule has 2 N–H and O–H groups in total. The maximum atomic E-state index is 12.2. The second-order valence-corrected chi connectivity index (χ2v) is 5.19. The summed E-state index contributed by atoms with van der Waals surface area (Å²) in [6.07, 6.45) is 1.71. The second kappa shape index (κ2) is 6.61. The monoisotopic (exact) mass is 278 g/mol. The van der Waals surface area contributed by atoms with Gasteiger partial charge in [0.05, 0.1) is 7.11 Å². The highest BCUT2D eigenvalue weighted by atomic mass is 16.5. The van der Waals surface area contributed by atoms with Crippen LogP contribution in [0.2, 0.25) is 0 Å². The van der Waals surface area contributed by atoms with Gasteiger partial charge in [-0.2, -0.15) is 0 Å². The quantitative estimate of drug-likeness (QED) is 0.904. The van der Waals surface area contributed by atoms with E-state index in [1.165, 1.54) is 0 Å². The van der Waals surface area contributed by atoms with Crippen LogP contribution in [0.25, 0.3) is 0 Å². The van der Waals surface area contributed by atoms with Crippen molar-refractivity contribution in [3.8, 4) is 11.5 Å². The molecule has 0 unspecified atom stereocenters. The van der Waals surface area contributed by atoms with Crippen molar-refractivity contribution in [2.45, 2.75) is 31.8 Å². The number of ether oxygens (including phenoxy) is 2. The van der Waals surface area contributed by atoms with E-state index in [0.717, 1.165) is 12.8 Å². The van der Waals surface area contributed by atoms with Crippen LogP contribution in [0.4, 0.5) is 0 Å². The first-order chi connectivity index (χ1) is 9.60. The van der Waals surface area contributed by atoms with Gasteiger partial charge in [0, 0.05) is 24.7 Å². The van der Waals surface area contributed by atoms with E-state index in [1.807, 2.05) is 30.0 Å². The second-order valence-electron chi connectivity index (χ2n) is 5.19. The van der Waals surface area contributed by atoms with E-state index in [4.69, 9.17) is 15.2 Å². The van der Waals surface area contributed by atoms with Crippen LogP contribution in [-0.2, 0) is 4.79 Å². The molecule has 1 aliphatic heterocycles. The smallest absolute Gasteiger partial charge is 0.260 e. The van der Waals surface area contributed by atoms with E-state index in [1.54, 1.807) is 13.2 Å². The summed E-state index contributed by atoms with van der Waals surface area (Å²) in [6, 6.07) is 7.63. The lowest BCUT2D eigenvalue weighted by Crippen LogP contribution is -2.49. The van der Waals surface area contributed by atoms with Gasteiger partial charge in [0.2, 0.25) is 0 Å². The zero-order valence-corrected chi connectivity index (χ0v) is 12.0. The molecule has 2 atom stereocenters. The van der Waals surface area contributed by atoms with Gasteiger partial charge in [-0.15, -0.1) is 0 Å². The largest absolute Gasteiger partial charge is 0.497 e. The molecular formula is C15H22N2O3. The number of benzene rings is 1. The topological polar surface area (TPSA) is 64.8 Å². The molecule has 0 bridgehead atoms. The summed E-state index contributed by atoms with van der Waals surface area (Å²) < 4.78 is 10.7. The zero-order chi connectivity index (χ0) is 14.5. The molecule has 1 aromatic carbocycles. The molecule has 1 fully saturated rings. The zero-order valence-electron chi connectivity index (χ0n) is 12.0. The molecule has 5 nitrogen and oxygen atoms in total. The lowest BCUT2D eigenvalue weighted by atomic mass is 9.99. The highest BCUT2D eigenvalue weighted by Crippen LogP contribution is 2.20. The van der Waals surface area contributed by atoms with Crippen molar-refractivity contribution in [3.63, 3.8) is 0 Å². The highest BCUT2D eigenvalue weighted by molar-refractivity contribution is 5.78. The minimum absolute atomic E-state index is 0.00669. The van der Waals surface area contributed by atoms with Crippen LogP contribution in [0.5, 0.6) is 11.5 Å². The van der Waals surface area contributed by atoms with Gasteiger partial charge in [0.25, 0.3) is 5.91 Å². The molecule has 1 saturated heterocycles. The highest BCUT2D eigenvalue weighted by Gasteiger charge is 2.27. The third kappa shape index (κ3) is 3.63. The molecule has 5 heteroatoms. The minimum atomic E-state index is 0.00669. The number of amides is 1. The molecule has 1 aromatic rings. The Morgan fingerprint density at radius 1 is 1.45 bits per heavy atom. The summed E-state index contributed by atoms with van der Waals surface area (Å²) in [5, 5.41) is 0. The molecule has 2 rings (SSSR count). The summed E-state index contributed by atoms with van der Waals surface area (Å²) in [5.74, 6) is 1.36. The average molecular weight is 278 g/mol. The van der Waals surface area contributed by atoms with E-state index in [-0.39, 0.29) is 24.6 Å². The normalized spacial score (nSPS) is 22.4. The number of nitrogens with zero attached hydrogens (tertiary/aromatic N) is 1. The Labute approximate surface area is 119 Å². The molecule has 1 amide bonds. The molecule has 0 aliphatic carbocycles. The standard InChI is InChI=1S/C15H22N2O3/c1-11-8-12(16)6-7-17(11)15(18)10-20-14-5-3-4-13(9-14)19-2/h3-5,9,11-12H,6-8,10,16H2,1-2H3/t11-,12+/m1/s1. The van der Waals surface area contributed by atoms with Crippen LogP contribution in [0, 0.1) is 0 Å². The van der Waals surface area contributed by atoms with Crippen LogP contribution in [0.3, 0.4) is 0 Å². The van der Waals surface area contributed by atoms with Crippen molar-refractivity contribution in [1.82, 2.24) is 4.90 Å². The number of nitrogens with two attached hydrogens (primary N) is 1. The molecule has 0 saturated carbocycles. The van der Waals surface area contributed by atoms with Gasteiger partial charge in [-0.25, -0.2) is 0 Å². The number of carbonyl (C=O) groups is 1. The number of carbonyl (C=O) groups excluding carboxylic acids is 1. The van der Waals surface area contributed by atoms with Crippen molar-refractivity contribution in [2.24, 2.45) is 5.73 Å². The minimum Gasteiger partial charge on any atom is -0.497 e. The van der Waals surface area contributed by atoms with E-state index in [2.05, 4.69) is 0 Å². The number of piperidine rings is 1. The van der Waals surface area contributed by atoms with Gasteiger partial charge in [-0.3, -0.25) is 4.79 Å². The molecule has 0 spiro atoms. The maximum absolute atomic E-state index is 12.2. The van der Waals surface area contributed by atoms with E-state index < -0.39 is 0 Å². The third-order valence-corrected chi connectivity index (χ3v) is 3.64. The SMILES string of the molecule is COc1cccc(OCC(=O)N2CC[C@H](N)C[C@H]2C)c1. The number of likely N-dealkylation sites (tertiary alicyclic amines) is 1. The summed E-state index contributed by atoms with van der Waals surface area (Å²) in [7, 11) is 1.60. The molecule has 0 radical (unpaired) electrons. The molecule has 1 heterocycles. The number of hydrogen-bond acceptors (Lipinski definition) is 4. The van der Waals surface area contributed by atoms with Crippen LogP contribution in [-0.4, -0.2) is 43.2 Å². The first-order valence-electron chi connectivity index (χ1n) is 6.92. The van der Waals surface area contributed by atoms with Gasteiger partial charge < -0.3 is 20.1 Å². The van der Waals surface area contributed by atoms with Crippen LogP contribution in [0.15, 0.2) is 24.3 Å². The van der Waals surface area contributed by atoms with Gasteiger partial charge >= 0.3 is 0 Å². The van der Waals surface area contributed by atoms with Crippen molar-refractivity contribution < 1.29 is 14.3 Å².